The van der Waals surface area contributed by atoms with Gasteiger partial charge in [-0.15, -0.1) is 0 Å². The van der Waals surface area contributed by atoms with Gasteiger partial charge in [-0.3, -0.25) is 0 Å². The van der Waals surface area contributed by atoms with Crippen LogP contribution in [0.2, 0.25) is 5.02 Å². The minimum Gasteiger partial charge on any atom is -0.476 e. The van der Waals surface area contributed by atoms with E-state index in [0.29, 0.717) is 10.6 Å². The van der Waals surface area contributed by atoms with Crippen molar-refractivity contribution in [1.29, 1.82) is 0 Å². The van der Waals surface area contributed by atoms with Crippen molar-refractivity contribution < 1.29 is 9.90 Å². The summed E-state index contributed by atoms with van der Waals surface area (Å²) < 4.78 is 0. The third kappa shape index (κ3) is 2.06. The molecule has 1 N–H and O–H groups in total. The van der Waals surface area contributed by atoms with Crippen LogP contribution in [0.15, 0.2) is 18.3 Å². The standard InChI is InChI=1S/C9H8ClNO2/c1-2-3-6-7(10)4-5-11-8(6)9(12)13/h2-5H,1H3,(H,12,13). The Morgan fingerprint density at radius 1 is 1.69 bits per heavy atom. The van der Waals surface area contributed by atoms with Gasteiger partial charge in [0.15, 0.2) is 5.69 Å². The third-order valence-electron chi connectivity index (χ3n) is 1.47. The van der Waals surface area contributed by atoms with Gasteiger partial charge >= 0.3 is 5.97 Å². The van der Waals surface area contributed by atoms with E-state index in [4.69, 9.17) is 16.7 Å². The van der Waals surface area contributed by atoms with Crippen LogP contribution in [0, 0.1) is 0 Å². The van der Waals surface area contributed by atoms with Gasteiger partial charge in [0.1, 0.15) is 0 Å². The number of aromatic carboxylic acids is 1. The van der Waals surface area contributed by atoms with Crippen LogP contribution in [-0.2, 0) is 0 Å². The lowest BCUT2D eigenvalue weighted by atomic mass is 10.2. The van der Waals surface area contributed by atoms with Gasteiger partial charge in [0.05, 0.1) is 5.02 Å². The number of carboxylic acids is 1. The molecule has 0 amide bonds. The van der Waals surface area contributed by atoms with E-state index >= 15 is 0 Å². The van der Waals surface area contributed by atoms with Gasteiger partial charge in [-0.2, -0.15) is 0 Å². The Hall–Kier alpha value is -1.35. The molecule has 0 fully saturated rings. The molecule has 68 valence electrons. The highest BCUT2D eigenvalue weighted by molar-refractivity contribution is 6.32. The molecule has 1 aromatic rings. The molecular formula is C9H8ClNO2. The fourth-order valence-corrected chi connectivity index (χ4v) is 1.15. The highest BCUT2D eigenvalue weighted by Crippen LogP contribution is 2.19. The minimum atomic E-state index is -1.07. The van der Waals surface area contributed by atoms with Gasteiger partial charge in [-0.05, 0) is 13.0 Å². The van der Waals surface area contributed by atoms with Gasteiger partial charge in [0.2, 0.25) is 0 Å². The first kappa shape index (κ1) is 9.74. The molecular weight excluding hydrogens is 190 g/mol. The number of carboxylic acid groups (broad SMARTS) is 1. The van der Waals surface area contributed by atoms with Crippen molar-refractivity contribution in [2.75, 3.05) is 0 Å². The van der Waals surface area contributed by atoms with Gasteiger partial charge < -0.3 is 5.11 Å². The number of allylic oxidation sites excluding steroid dienone is 1. The lowest BCUT2D eigenvalue weighted by Crippen LogP contribution is -2.03. The molecule has 1 aromatic heterocycles. The predicted molar refractivity (Wildman–Crippen MR) is 50.9 cm³/mol. The van der Waals surface area contributed by atoms with Crippen LogP contribution in [-0.4, -0.2) is 16.1 Å². The molecule has 0 saturated carbocycles. The van der Waals surface area contributed by atoms with Crippen LogP contribution < -0.4 is 0 Å². The van der Waals surface area contributed by atoms with Crippen LogP contribution in [0.4, 0.5) is 0 Å². The second-order valence-electron chi connectivity index (χ2n) is 2.36. The molecule has 4 heteroatoms. The Balaban J connectivity index is 3.33. The van der Waals surface area contributed by atoms with Crippen LogP contribution in [0.3, 0.4) is 0 Å². The van der Waals surface area contributed by atoms with E-state index < -0.39 is 5.97 Å². The molecule has 3 nitrogen and oxygen atoms in total. The molecule has 0 atom stereocenters. The maximum absolute atomic E-state index is 10.7. The normalized spacial score (nSPS) is 10.6. The van der Waals surface area contributed by atoms with Crippen LogP contribution >= 0.6 is 11.6 Å². The van der Waals surface area contributed by atoms with E-state index in [1.807, 2.05) is 0 Å². The zero-order chi connectivity index (χ0) is 9.84. The van der Waals surface area contributed by atoms with Crippen LogP contribution in [0.25, 0.3) is 6.08 Å². The number of nitrogens with zero attached hydrogens (tertiary/aromatic N) is 1. The molecule has 1 heterocycles. The zero-order valence-corrected chi connectivity index (χ0v) is 7.75. The Labute approximate surface area is 80.7 Å². The summed E-state index contributed by atoms with van der Waals surface area (Å²) in [7, 11) is 0. The maximum Gasteiger partial charge on any atom is 0.355 e. The number of carbonyl (C=O) groups is 1. The predicted octanol–water partition coefficient (Wildman–Crippen LogP) is 2.47. The summed E-state index contributed by atoms with van der Waals surface area (Å²) in [6.45, 7) is 1.79. The summed E-state index contributed by atoms with van der Waals surface area (Å²) in [5, 5.41) is 9.16. The van der Waals surface area contributed by atoms with Crippen molar-refractivity contribution in [3.05, 3.63) is 34.6 Å². The van der Waals surface area contributed by atoms with Gasteiger partial charge in [-0.25, -0.2) is 9.78 Å². The largest absolute Gasteiger partial charge is 0.476 e. The van der Waals surface area contributed by atoms with Crippen molar-refractivity contribution in [3.8, 4) is 0 Å². The minimum absolute atomic E-state index is 0.0226. The lowest BCUT2D eigenvalue weighted by molar-refractivity contribution is 0.0690. The first-order valence-electron chi connectivity index (χ1n) is 3.67. The van der Waals surface area contributed by atoms with E-state index in [-0.39, 0.29) is 5.69 Å². The average Bonchev–Trinajstić information content (AvgIpc) is 2.08. The summed E-state index contributed by atoms with van der Waals surface area (Å²) in [5.41, 5.74) is 0.421. The highest BCUT2D eigenvalue weighted by Gasteiger charge is 2.11. The lowest BCUT2D eigenvalue weighted by Gasteiger charge is -2.01. The third-order valence-corrected chi connectivity index (χ3v) is 1.80. The number of hydrogen-bond donors (Lipinski definition) is 1. The first-order chi connectivity index (χ1) is 6.16. The molecule has 0 spiro atoms. The van der Waals surface area contributed by atoms with Crippen molar-refractivity contribution in [2.24, 2.45) is 0 Å². The smallest absolute Gasteiger partial charge is 0.355 e. The quantitative estimate of drug-likeness (QED) is 0.793. The second-order valence-corrected chi connectivity index (χ2v) is 2.77. The van der Waals surface area contributed by atoms with Crippen molar-refractivity contribution in [2.45, 2.75) is 6.92 Å². The maximum atomic E-state index is 10.7. The van der Waals surface area contributed by atoms with Gasteiger partial charge in [0.25, 0.3) is 0 Å². The number of rotatable bonds is 2. The second kappa shape index (κ2) is 4.05. The Kier molecular flexibility index (Phi) is 3.03. The highest BCUT2D eigenvalue weighted by atomic mass is 35.5. The summed E-state index contributed by atoms with van der Waals surface area (Å²) >= 11 is 5.80. The molecule has 0 aromatic carbocycles. The molecule has 0 aliphatic rings. The molecule has 1 rings (SSSR count). The molecule has 0 unspecified atom stereocenters. The van der Waals surface area contributed by atoms with E-state index in [0.717, 1.165) is 0 Å². The summed E-state index contributed by atoms with van der Waals surface area (Å²) in [6, 6.07) is 1.56. The Morgan fingerprint density at radius 3 is 2.92 bits per heavy atom. The van der Waals surface area contributed by atoms with Crippen LogP contribution in [0.1, 0.15) is 23.0 Å². The van der Waals surface area contributed by atoms with E-state index in [1.54, 1.807) is 25.1 Å². The summed E-state index contributed by atoms with van der Waals surface area (Å²) in [4.78, 5) is 14.4. The molecule has 0 saturated heterocycles. The number of hydrogen-bond acceptors (Lipinski definition) is 2. The summed E-state index contributed by atoms with van der Waals surface area (Å²) in [6.07, 6.45) is 4.72. The average molecular weight is 198 g/mol. The van der Waals surface area contributed by atoms with Crippen molar-refractivity contribution in [1.82, 2.24) is 4.98 Å². The van der Waals surface area contributed by atoms with Crippen molar-refractivity contribution in [3.63, 3.8) is 0 Å². The molecule has 13 heavy (non-hydrogen) atoms. The fourth-order valence-electron chi connectivity index (χ4n) is 0.945. The monoisotopic (exact) mass is 197 g/mol. The van der Waals surface area contributed by atoms with Gasteiger partial charge in [-0.1, -0.05) is 23.8 Å². The molecule has 0 aliphatic heterocycles. The number of aromatic nitrogens is 1. The Morgan fingerprint density at radius 2 is 2.38 bits per heavy atom. The van der Waals surface area contributed by atoms with E-state index in [1.165, 1.54) is 6.20 Å². The van der Waals surface area contributed by atoms with E-state index in [9.17, 15) is 4.79 Å². The topological polar surface area (TPSA) is 50.2 Å². The molecule has 0 bridgehead atoms. The van der Waals surface area contributed by atoms with Crippen LogP contribution in [0.5, 0.6) is 0 Å². The summed E-state index contributed by atoms with van der Waals surface area (Å²) in [5.74, 6) is -1.07. The zero-order valence-electron chi connectivity index (χ0n) is 6.99. The first-order valence-corrected chi connectivity index (χ1v) is 4.05. The van der Waals surface area contributed by atoms with Crippen molar-refractivity contribution >= 4 is 23.6 Å². The number of pyridine rings is 1. The van der Waals surface area contributed by atoms with E-state index in [2.05, 4.69) is 4.98 Å². The number of halogens is 1. The fraction of sp³-hybridized carbons (Fsp3) is 0.111. The Bertz CT molecular complexity index is 361. The molecule has 0 aliphatic carbocycles. The van der Waals surface area contributed by atoms with Gasteiger partial charge in [0, 0.05) is 11.8 Å². The SMILES string of the molecule is CC=Cc1c(Cl)ccnc1C(=O)O. The molecule has 0 radical (unpaired) electrons.